The second-order valence-electron chi connectivity index (χ2n) is 2.32. The number of aromatic nitrogens is 2. The topological polar surface area (TPSA) is 41.0 Å². The number of rotatable bonds is 2. The highest BCUT2D eigenvalue weighted by Crippen LogP contribution is 2.20. The molecule has 0 aliphatic heterocycles. The zero-order chi connectivity index (χ0) is 9.97. The molecular formula is C7H4BrN3S3. The number of thiophene rings is 1. The zero-order valence-electron chi connectivity index (χ0n) is 6.73. The molecule has 2 rings (SSSR count). The Morgan fingerprint density at radius 1 is 1.64 bits per heavy atom. The minimum absolute atomic E-state index is 0.643. The maximum atomic E-state index is 4.89. The summed E-state index contributed by atoms with van der Waals surface area (Å²) in [6, 6.07) is 2.00. The molecule has 2 aromatic heterocycles. The summed E-state index contributed by atoms with van der Waals surface area (Å²) in [7, 11) is 0. The van der Waals surface area contributed by atoms with Gasteiger partial charge in [-0.2, -0.15) is 0 Å². The molecule has 0 atom stereocenters. The van der Waals surface area contributed by atoms with Crippen LogP contribution in [0.3, 0.4) is 0 Å². The lowest BCUT2D eigenvalue weighted by atomic mass is 10.5. The summed E-state index contributed by atoms with van der Waals surface area (Å²) in [6.45, 7) is 0. The molecule has 0 bridgehead atoms. The lowest BCUT2D eigenvalue weighted by Gasteiger charge is -1.80. The van der Waals surface area contributed by atoms with E-state index < -0.39 is 0 Å². The van der Waals surface area contributed by atoms with E-state index in [-0.39, 0.29) is 0 Å². The SMILES string of the molecule is S=c1[nH]nc(/N=C/c2cc(Br)cs2)s1. The summed E-state index contributed by atoms with van der Waals surface area (Å²) in [5.74, 6) is 0. The van der Waals surface area contributed by atoms with E-state index in [4.69, 9.17) is 12.2 Å². The van der Waals surface area contributed by atoms with Crippen LogP contribution in [0.4, 0.5) is 5.13 Å². The van der Waals surface area contributed by atoms with Crippen molar-refractivity contribution in [2.75, 3.05) is 0 Å². The van der Waals surface area contributed by atoms with Crippen LogP contribution in [0, 0.1) is 3.95 Å². The Morgan fingerprint density at radius 2 is 2.50 bits per heavy atom. The molecule has 0 aliphatic carbocycles. The predicted molar refractivity (Wildman–Crippen MR) is 66.6 cm³/mol. The van der Waals surface area contributed by atoms with E-state index in [2.05, 4.69) is 31.1 Å². The van der Waals surface area contributed by atoms with Crippen molar-refractivity contribution in [1.82, 2.24) is 10.2 Å². The van der Waals surface area contributed by atoms with Gasteiger partial charge < -0.3 is 0 Å². The van der Waals surface area contributed by atoms with Crippen molar-refractivity contribution < 1.29 is 0 Å². The maximum absolute atomic E-state index is 4.89. The highest BCUT2D eigenvalue weighted by atomic mass is 79.9. The molecule has 0 unspecified atom stereocenters. The van der Waals surface area contributed by atoms with Crippen molar-refractivity contribution in [3.05, 3.63) is 24.8 Å². The summed E-state index contributed by atoms with van der Waals surface area (Å²) in [4.78, 5) is 5.27. The normalized spacial score (nSPS) is 11.2. The van der Waals surface area contributed by atoms with Gasteiger partial charge in [-0.1, -0.05) is 11.3 Å². The lowest BCUT2D eigenvalue weighted by Crippen LogP contribution is -1.71. The highest BCUT2D eigenvalue weighted by Gasteiger charge is 1.95. The predicted octanol–water partition coefficient (Wildman–Crippen LogP) is 3.78. The van der Waals surface area contributed by atoms with Crippen molar-refractivity contribution in [3.63, 3.8) is 0 Å². The Morgan fingerprint density at radius 3 is 3.07 bits per heavy atom. The molecule has 0 amide bonds. The number of H-pyrrole nitrogens is 1. The number of halogens is 1. The van der Waals surface area contributed by atoms with Crippen LogP contribution in [-0.4, -0.2) is 16.4 Å². The van der Waals surface area contributed by atoms with Crippen LogP contribution in [0.15, 0.2) is 20.9 Å². The Labute approximate surface area is 102 Å². The fourth-order valence-corrected chi connectivity index (χ4v) is 2.82. The molecule has 2 aromatic rings. The fraction of sp³-hybridized carbons (Fsp3) is 0. The number of hydrogen-bond acceptors (Lipinski definition) is 5. The molecule has 1 N–H and O–H groups in total. The van der Waals surface area contributed by atoms with Crippen LogP contribution in [0.5, 0.6) is 0 Å². The molecule has 0 saturated heterocycles. The monoisotopic (exact) mass is 305 g/mol. The molecule has 0 fully saturated rings. The number of hydrogen-bond donors (Lipinski definition) is 1. The van der Waals surface area contributed by atoms with E-state index in [0.29, 0.717) is 9.09 Å². The lowest BCUT2D eigenvalue weighted by molar-refractivity contribution is 1.07. The van der Waals surface area contributed by atoms with Crippen LogP contribution >= 0.6 is 50.8 Å². The quantitative estimate of drug-likeness (QED) is 0.677. The fourth-order valence-electron chi connectivity index (χ4n) is 0.792. The molecule has 0 spiro atoms. The molecule has 0 aliphatic rings. The van der Waals surface area contributed by atoms with E-state index in [0.717, 1.165) is 9.35 Å². The molecule has 0 saturated carbocycles. The van der Waals surface area contributed by atoms with Crippen LogP contribution in [0.25, 0.3) is 0 Å². The Hall–Kier alpha value is -0.370. The van der Waals surface area contributed by atoms with Gasteiger partial charge in [0, 0.05) is 20.9 Å². The Bertz CT molecular complexity index is 510. The van der Waals surface area contributed by atoms with Gasteiger partial charge in [-0.15, -0.1) is 16.4 Å². The summed E-state index contributed by atoms with van der Waals surface area (Å²) >= 11 is 11.2. The third-order valence-corrected chi connectivity index (χ3v) is 3.94. The average Bonchev–Trinajstić information content (AvgIpc) is 2.72. The van der Waals surface area contributed by atoms with E-state index in [1.807, 2.05) is 11.4 Å². The van der Waals surface area contributed by atoms with Crippen LogP contribution in [0.2, 0.25) is 0 Å². The smallest absolute Gasteiger partial charge is 0.230 e. The van der Waals surface area contributed by atoms with Crippen molar-refractivity contribution in [2.45, 2.75) is 0 Å². The second kappa shape index (κ2) is 4.43. The first kappa shape index (κ1) is 10.2. The molecule has 14 heavy (non-hydrogen) atoms. The average molecular weight is 306 g/mol. The third-order valence-electron chi connectivity index (χ3n) is 1.32. The molecule has 7 heteroatoms. The number of aliphatic imine (C=N–C) groups is 1. The van der Waals surface area contributed by atoms with Crippen LogP contribution in [-0.2, 0) is 0 Å². The first-order valence-corrected chi connectivity index (χ1v) is 6.47. The molecule has 72 valence electrons. The van der Waals surface area contributed by atoms with Crippen LogP contribution < -0.4 is 0 Å². The van der Waals surface area contributed by atoms with E-state index in [1.165, 1.54) is 11.3 Å². The van der Waals surface area contributed by atoms with Gasteiger partial charge in [0.1, 0.15) is 0 Å². The van der Waals surface area contributed by atoms with Crippen molar-refractivity contribution in [1.29, 1.82) is 0 Å². The Kier molecular flexibility index (Phi) is 3.22. The van der Waals surface area contributed by atoms with Crippen molar-refractivity contribution >= 4 is 62.2 Å². The van der Waals surface area contributed by atoms with Gasteiger partial charge >= 0.3 is 0 Å². The van der Waals surface area contributed by atoms with E-state index in [1.54, 1.807) is 17.6 Å². The van der Waals surface area contributed by atoms with Gasteiger partial charge in [-0.25, -0.2) is 4.99 Å². The summed E-state index contributed by atoms with van der Waals surface area (Å²) in [5.41, 5.74) is 0. The maximum Gasteiger partial charge on any atom is 0.230 e. The largest absolute Gasteiger partial charge is 0.256 e. The molecule has 2 heterocycles. The van der Waals surface area contributed by atoms with Gasteiger partial charge in [-0.3, -0.25) is 5.10 Å². The third kappa shape index (κ3) is 2.57. The first-order valence-electron chi connectivity index (χ1n) is 3.57. The first-order chi connectivity index (χ1) is 6.74. The highest BCUT2D eigenvalue weighted by molar-refractivity contribution is 9.10. The van der Waals surface area contributed by atoms with Gasteiger partial charge in [0.25, 0.3) is 0 Å². The van der Waals surface area contributed by atoms with Gasteiger partial charge in [-0.05, 0) is 34.2 Å². The number of nitrogens with one attached hydrogen (secondary N) is 1. The Balaban J connectivity index is 2.18. The second-order valence-corrected chi connectivity index (χ2v) is 5.82. The van der Waals surface area contributed by atoms with Crippen molar-refractivity contribution in [2.24, 2.45) is 4.99 Å². The molecule has 3 nitrogen and oxygen atoms in total. The zero-order valence-corrected chi connectivity index (χ0v) is 10.8. The van der Waals surface area contributed by atoms with Crippen LogP contribution in [0.1, 0.15) is 4.88 Å². The number of aromatic amines is 1. The minimum atomic E-state index is 0.643. The van der Waals surface area contributed by atoms with E-state index in [9.17, 15) is 0 Å². The van der Waals surface area contributed by atoms with E-state index >= 15 is 0 Å². The van der Waals surface area contributed by atoms with Gasteiger partial charge in [0.15, 0.2) is 3.95 Å². The van der Waals surface area contributed by atoms with Crippen molar-refractivity contribution in [3.8, 4) is 0 Å². The summed E-state index contributed by atoms with van der Waals surface area (Å²) in [5, 5.41) is 9.26. The number of nitrogens with zero attached hydrogens (tertiary/aromatic N) is 2. The molecule has 0 radical (unpaired) electrons. The minimum Gasteiger partial charge on any atom is -0.256 e. The van der Waals surface area contributed by atoms with Gasteiger partial charge in [0.05, 0.1) is 0 Å². The summed E-state index contributed by atoms with van der Waals surface area (Å²) < 4.78 is 1.71. The standard InChI is InChI=1S/C7H4BrN3S3/c8-4-1-5(13-3-4)2-9-6-10-11-7(12)14-6/h1-3H,(H,11,12)/b9-2+. The summed E-state index contributed by atoms with van der Waals surface area (Å²) in [6.07, 6.45) is 1.77. The van der Waals surface area contributed by atoms with Gasteiger partial charge in [0.2, 0.25) is 5.13 Å². The molecular weight excluding hydrogens is 302 g/mol. The molecule has 0 aromatic carbocycles.